The topological polar surface area (TPSA) is 98.3 Å². The van der Waals surface area contributed by atoms with E-state index in [1.54, 1.807) is 0 Å². The van der Waals surface area contributed by atoms with E-state index in [-0.39, 0.29) is 23.4 Å². The lowest BCUT2D eigenvalue weighted by molar-refractivity contribution is -0.384. The van der Waals surface area contributed by atoms with Crippen molar-refractivity contribution in [3.05, 3.63) is 61.0 Å². The maximum Gasteiger partial charge on any atom is 0.269 e. The molecule has 1 amide bonds. The van der Waals surface area contributed by atoms with Crippen molar-refractivity contribution < 1.29 is 9.72 Å². The van der Waals surface area contributed by atoms with Crippen LogP contribution in [0.15, 0.2) is 34.3 Å². The fraction of sp³-hybridized carbons (Fsp3) is 0.267. The molecule has 2 aromatic rings. The van der Waals surface area contributed by atoms with Crippen LogP contribution in [0.2, 0.25) is 5.02 Å². The van der Waals surface area contributed by atoms with Crippen LogP contribution in [0.1, 0.15) is 15.9 Å². The number of hydrogen-bond acceptors (Lipinski definition) is 6. The van der Waals surface area contributed by atoms with Crippen molar-refractivity contribution in [1.82, 2.24) is 14.5 Å². The molecular weight excluding hydrogens is 368 g/mol. The average molecular weight is 381 g/mol. The Labute approximate surface area is 151 Å². The maximum atomic E-state index is 12.6. The molecule has 0 spiro atoms. The van der Waals surface area contributed by atoms with Gasteiger partial charge >= 0.3 is 0 Å². The molecule has 0 fully saturated rings. The summed E-state index contributed by atoms with van der Waals surface area (Å²) >= 11 is 7.53. The van der Waals surface area contributed by atoms with Gasteiger partial charge in [-0.05, 0) is 11.6 Å². The zero-order valence-electron chi connectivity index (χ0n) is 13.1. The van der Waals surface area contributed by atoms with Crippen LogP contribution < -0.4 is 5.56 Å². The van der Waals surface area contributed by atoms with Crippen LogP contribution in [0, 0.1) is 10.1 Å². The minimum Gasteiger partial charge on any atom is -0.337 e. The van der Waals surface area contributed by atoms with E-state index in [9.17, 15) is 19.7 Å². The molecule has 1 aromatic carbocycles. The van der Waals surface area contributed by atoms with Gasteiger partial charge < -0.3 is 4.90 Å². The number of nitro groups is 1. The van der Waals surface area contributed by atoms with E-state index in [2.05, 4.69) is 4.98 Å². The Morgan fingerprint density at radius 1 is 1.52 bits per heavy atom. The molecule has 3 rings (SSSR count). The van der Waals surface area contributed by atoms with Crippen molar-refractivity contribution >= 4 is 35.0 Å². The molecule has 2 heterocycles. The minimum atomic E-state index is -0.532. The molecule has 0 saturated heterocycles. The van der Waals surface area contributed by atoms with E-state index >= 15 is 0 Å². The zero-order chi connectivity index (χ0) is 18.1. The van der Waals surface area contributed by atoms with Gasteiger partial charge in [0.2, 0.25) is 0 Å². The Bertz CT molecular complexity index is 930. The molecule has 0 atom stereocenters. The van der Waals surface area contributed by atoms with Crippen LogP contribution in [-0.2, 0) is 13.1 Å². The van der Waals surface area contributed by atoms with Gasteiger partial charge in [-0.1, -0.05) is 23.4 Å². The van der Waals surface area contributed by atoms with Crippen LogP contribution >= 0.6 is 23.4 Å². The monoisotopic (exact) mass is 380 g/mol. The van der Waals surface area contributed by atoms with E-state index in [4.69, 9.17) is 11.6 Å². The lowest BCUT2D eigenvalue weighted by Gasteiger charge is -2.18. The summed E-state index contributed by atoms with van der Waals surface area (Å²) in [6.07, 6.45) is 1.28. The second kappa shape index (κ2) is 6.85. The summed E-state index contributed by atoms with van der Waals surface area (Å²) in [4.78, 5) is 40.8. The van der Waals surface area contributed by atoms with Gasteiger partial charge in [0.1, 0.15) is 5.56 Å². The Morgan fingerprint density at radius 2 is 2.28 bits per heavy atom. The van der Waals surface area contributed by atoms with Crippen molar-refractivity contribution in [2.75, 3.05) is 12.8 Å². The summed E-state index contributed by atoms with van der Waals surface area (Å²) in [5.41, 5.74) is -0.0969. The fourth-order valence-electron chi connectivity index (χ4n) is 2.49. The average Bonchev–Trinajstić information content (AvgIpc) is 3.06. The fourth-order valence-corrected chi connectivity index (χ4v) is 3.58. The summed E-state index contributed by atoms with van der Waals surface area (Å²) in [6, 6.07) is 4.02. The number of carbonyl (C=O) groups excluding carboxylic acids is 1. The zero-order valence-corrected chi connectivity index (χ0v) is 14.7. The smallest absolute Gasteiger partial charge is 0.269 e. The number of amides is 1. The molecule has 25 heavy (non-hydrogen) atoms. The normalized spacial score (nSPS) is 12.7. The van der Waals surface area contributed by atoms with Crippen molar-refractivity contribution in [1.29, 1.82) is 0 Å². The van der Waals surface area contributed by atoms with Gasteiger partial charge in [-0.3, -0.25) is 24.3 Å². The first-order chi connectivity index (χ1) is 11.9. The largest absolute Gasteiger partial charge is 0.337 e. The van der Waals surface area contributed by atoms with Gasteiger partial charge in [0, 0.05) is 49.2 Å². The maximum absolute atomic E-state index is 12.6. The summed E-state index contributed by atoms with van der Waals surface area (Å²) in [7, 11) is 1.50. The van der Waals surface area contributed by atoms with E-state index < -0.39 is 10.8 Å². The summed E-state index contributed by atoms with van der Waals surface area (Å²) in [6.45, 7) is 0.558. The van der Waals surface area contributed by atoms with Crippen molar-refractivity contribution in [2.24, 2.45) is 0 Å². The number of nitrogens with zero attached hydrogens (tertiary/aromatic N) is 4. The number of fused-ring (bicyclic) bond motifs is 1. The number of benzene rings is 1. The standard InChI is InChI=1S/C15H13ClN4O4S/c1-18(8-9-6-10(20(23)24)2-3-12(9)16)13(21)11-7-17-15-19(14(11)22)4-5-25-15/h2-3,6-7H,4-5,8H2,1H3. The quantitative estimate of drug-likeness (QED) is 0.458. The molecule has 1 aliphatic heterocycles. The molecule has 1 aromatic heterocycles. The third-order valence-electron chi connectivity index (χ3n) is 3.78. The van der Waals surface area contributed by atoms with E-state index in [0.29, 0.717) is 22.3 Å². The minimum absolute atomic E-state index is 0.0321. The van der Waals surface area contributed by atoms with Crippen LogP contribution in [0.25, 0.3) is 0 Å². The highest BCUT2D eigenvalue weighted by Crippen LogP contribution is 2.24. The number of hydrogen-bond donors (Lipinski definition) is 0. The first-order valence-electron chi connectivity index (χ1n) is 7.29. The van der Waals surface area contributed by atoms with Gasteiger partial charge in [0.25, 0.3) is 17.2 Å². The number of thioether (sulfide) groups is 1. The number of nitro benzene ring substituents is 1. The molecule has 10 heteroatoms. The lowest BCUT2D eigenvalue weighted by Crippen LogP contribution is -2.34. The number of non-ortho nitro benzene ring substituents is 1. The van der Waals surface area contributed by atoms with Gasteiger partial charge in [0.05, 0.1) is 4.92 Å². The van der Waals surface area contributed by atoms with Crippen molar-refractivity contribution in [2.45, 2.75) is 18.2 Å². The third kappa shape index (κ3) is 3.38. The molecule has 0 saturated carbocycles. The highest BCUT2D eigenvalue weighted by molar-refractivity contribution is 7.99. The van der Waals surface area contributed by atoms with Crippen LogP contribution in [-0.4, -0.2) is 38.1 Å². The lowest BCUT2D eigenvalue weighted by atomic mass is 10.1. The molecule has 1 aliphatic rings. The van der Waals surface area contributed by atoms with E-state index in [1.807, 2.05) is 0 Å². The Hall–Kier alpha value is -2.39. The van der Waals surface area contributed by atoms with Gasteiger partial charge in [-0.25, -0.2) is 4.98 Å². The predicted molar refractivity (Wildman–Crippen MR) is 93.1 cm³/mol. The number of carbonyl (C=O) groups is 1. The van der Waals surface area contributed by atoms with E-state index in [1.165, 1.54) is 52.7 Å². The van der Waals surface area contributed by atoms with Crippen LogP contribution in [0.4, 0.5) is 5.69 Å². The molecule has 0 aliphatic carbocycles. The highest BCUT2D eigenvalue weighted by atomic mass is 35.5. The SMILES string of the molecule is CN(Cc1cc([N+](=O)[O-])ccc1Cl)C(=O)c1cnc2n(c1=O)CCS2. The molecular formula is C15H13ClN4O4S. The van der Waals surface area contributed by atoms with Crippen LogP contribution in [0.3, 0.4) is 0 Å². The molecule has 0 unspecified atom stereocenters. The molecule has 0 N–H and O–H groups in total. The second-order valence-electron chi connectivity index (χ2n) is 5.45. The molecule has 0 radical (unpaired) electrons. The molecule has 130 valence electrons. The number of aromatic nitrogens is 2. The predicted octanol–water partition coefficient (Wildman–Crippen LogP) is 2.18. The first kappa shape index (κ1) is 17.4. The second-order valence-corrected chi connectivity index (χ2v) is 6.92. The molecule has 8 nitrogen and oxygen atoms in total. The third-order valence-corrected chi connectivity index (χ3v) is 5.12. The first-order valence-corrected chi connectivity index (χ1v) is 8.65. The summed E-state index contributed by atoms with van der Waals surface area (Å²) in [5, 5.41) is 11.8. The molecule has 0 bridgehead atoms. The van der Waals surface area contributed by atoms with Crippen molar-refractivity contribution in [3.63, 3.8) is 0 Å². The van der Waals surface area contributed by atoms with Gasteiger partial charge in [-0.2, -0.15) is 0 Å². The van der Waals surface area contributed by atoms with Crippen LogP contribution in [0.5, 0.6) is 0 Å². The Kier molecular flexibility index (Phi) is 4.78. The van der Waals surface area contributed by atoms with Gasteiger partial charge in [-0.15, -0.1) is 0 Å². The van der Waals surface area contributed by atoms with Gasteiger partial charge in [0.15, 0.2) is 5.16 Å². The number of rotatable bonds is 4. The highest BCUT2D eigenvalue weighted by Gasteiger charge is 2.23. The van der Waals surface area contributed by atoms with Crippen molar-refractivity contribution in [3.8, 4) is 0 Å². The summed E-state index contributed by atoms with van der Waals surface area (Å²) < 4.78 is 1.48. The number of halogens is 1. The van der Waals surface area contributed by atoms with E-state index in [0.717, 1.165) is 5.75 Å². The Morgan fingerprint density at radius 3 is 3.00 bits per heavy atom. The Balaban J connectivity index is 1.86. The summed E-state index contributed by atoms with van der Waals surface area (Å²) in [5.74, 6) is 0.242.